The average molecular weight is 527 g/mol. The molecular formula is C17H9Br2N3O5S. The van der Waals surface area contributed by atoms with Crippen LogP contribution in [-0.4, -0.2) is 21.9 Å². The molecule has 2 aromatic carbocycles. The molecule has 1 amide bonds. The molecule has 0 spiro atoms. The smallest absolute Gasteiger partial charge is 0.343 e. The number of thiocarbonyl (C=S) groups is 1. The Morgan fingerprint density at radius 2 is 1.75 bits per heavy atom. The van der Waals surface area contributed by atoms with Gasteiger partial charge in [0.05, 0.1) is 19.4 Å². The lowest BCUT2D eigenvalue weighted by Crippen LogP contribution is -2.21. The molecule has 2 N–H and O–H groups in total. The molecule has 1 heterocycles. The van der Waals surface area contributed by atoms with Crippen LogP contribution in [-0.2, 0) is 4.79 Å². The molecule has 0 unspecified atom stereocenters. The molecule has 1 aliphatic heterocycles. The Labute approximate surface area is 180 Å². The van der Waals surface area contributed by atoms with Crippen LogP contribution in [0.25, 0.3) is 6.08 Å². The Bertz CT molecular complexity index is 1030. The minimum atomic E-state index is -0.676. The van der Waals surface area contributed by atoms with E-state index in [4.69, 9.17) is 17.0 Å². The summed E-state index contributed by atoms with van der Waals surface area (Å²) in [5.74, 6) is -0.791. The van der Waals surface area contributed by atoms with E-state index in [1.807, 2.05) is 0 Å². The zero-order valence-electron chi connectivity index (χ0n) is 13.7. The van der Waals surface area contributed by atoms with Crippen LogP contribution in [0.5, 0.6) is 5.75 Å². The van der Waals surface area contributed by atoms with E-state index < -0.39 is 10.9 Å². The van der Waals surface area contributed by atoms with Crippen LogP contribution in [0, 0.1) is 10.1 Å². The second-order valence-corrected chi connectivity index (χ2v) is 7.59. The number of hydrogen-bond donors (Lipinski definition) is 2. The van der Waals surface area contributed by atoms with Gasteiger partial charge in [-0.1, -0.05) is 0 Å². The molecule has 1 saturated heterocycles. The van der Waals surface area contributed by atoms with Crippen molar-refractivity contribution < 1.29 is 19.2 Å². The first-order chi connectivity index (χ1) is 13.2. The fraction of sp³-hybridized carbons (Fsp3) is 0. The lowest BCUT2D eigenvalue weighted by Gasteiger charge is -2.10. The summed E-state index contributed by atoms with van der Waals surface area (Å²) in [5.41, 5.74) is 0.979. The molecule has 0 aromatic heterocycles. The second-order valence-electron chi connectivity index (χ2n) is 5.47. The third-order valence-electron chi connectivity index (χ3n) is 3.56. The maximum Gasteiger partial charge on any atom is 0.343 e. The second kappa shape index (κ2) is 8.17. The molecule has 2 aromatic rings. The van der Waals surface area contributed by atoms with Gasteiger partial charge < -0.3 is 10.1 Å². The number of esters is 1. The molecule has 0 atom stereocenters. The largest absolute Gasteiger partial charge is 0.421 e. The van der Waals surface area contributed by atoms with E-state index in [2.05, 4.69) is 42.5 Å². The molecule has 0 radical (unpaired) electrons. The highest BCUT2D eigenvalue weighted by atomic mass is 79.9. The number of rotatable bonds is 4. The van der Waals surface area contributed by atoms with Crippen LogP contribution < -0.4 is 15.4 Å². The Balaban J connectivity index is 1.82. The third-order valence-corrected chi connectivity index (χ3v) is 4.94. The van der Waals surface area contributed by atoms with Crippen molar-refractivity contribution in [1.29, 1.82) is 0 Å². The number of nitrogens with one attached hydrogen (secondary N) is 2. The van der Waals surface area contributed by atoms with Gasteiger partial charge in [0.2, 0.25) is 0 Å². The zero-order valence-corrected chi connectivity index (χ0v) is 17.7. The normalized spacial score (nSPS) is 14.6. The Morgan fingerprint density at radius 3 is 2.25 bits per heavy atom. The van der Waals surface area contributed by atoms with Gasteiger partial charge in [0, 0.05) is 12.1 Å². The van der Waals surface area contributed by atoms with Crippen molar-refractivity contribution in [2.24, 2.45) is 0 Å². The van der Waals surface area contributed by atoms with Crippen molar-refractivity contribution in [2.45, 2.75) is 0 Å². The summed E-state index contributed by atoms with van der Waals surface area (Å²) in [6.07, 6.45) is 1.59. The Morgan fingerprint density at radius 1 is 1.14 bits per heavy atom. The number of nitrogens with zero attached hydrogens (tertiary/aromatic N) is 1. The Hall–Kier alpha value is -2.63. The number of ether oxygens (including phenoxy) is 1. The van der Waals surface area contributed by atoms with Crippen molar-refractivity contribution >= 4 is 72.8 Å². The number of nitro benzene ring substituents is 1. The number of hydrogen-bond acceptors (Lipinski definition) is 6. The molecule has 1 aliphatic rings. The first-order valence-electron chi connectivity index (χ1n) is 7.54. The van der Waals surface area contributed by atoms with Crippen LogP contribution in [0.4, 0.5) is 5.69 Å². The van der Waals surface area contributed by atoms with Crippen molar-refractivity contribution in [3.8, 4) is 5.75 Å². The molecule has 11 heteroatoms. The minimum Gasteiger partial charge on any atom is -0.421 e. The van der Waals surface area contributed by atoms with Crippen molar-refractivity contribution in [2.75, 3.05) is 0 Å². The van der Waals surface area contributed by atoms with Crippen molar-refractivity contribution in [3.63, 3.8) is 0 Å². The summed E-state index contributed by atoms with van der Waals surface area (Å²) >= 11 is 11.5. The first kappa shape index (κ1) is 20.1. The maximum atomic E-state index is 12.3. The van der Waals surface area contributed by atoms with E-state index in [9.17, 15) is 19.7 Å². The summed E-state index contributed by atoms with van der Waals surface area (Å²) in [7, 11) is 0. The maximum absolute atomic E-state index is 12.3. The van der Waals surface area contributed by atoms with Gasteiger partial charge in [-0.3, -0.25) is 20.2 Å². The minimum absolute atomic E-state index is 0.125. The number of non-ortho nitro benzene ring substituents is 1. The predicted molar refractivity (Wildman–Crippen MR) is 112 cm³/mol. The topological polar surface area (TPSA) is 111 Å². The highest BCUT2D eigenvalue weighted by Gasteiger charge is 2.21. The molecule has 1 fully saturated rings. The van der Waals surface area contributed by atoms with Gasteiger partial charge in [0.15, 0.2) is 10.9 Å². The number of amides is 1. The third kappa shape index (κ3) is 4.43. The predicted octanol–water partition coefficient (Wildman–Crippen LogP) is 3.68. The standard InChI is InChI=1S/C17H9Br2N3O5S/c18-11-5-8(7-13-15(23)21-17(28)20-13)6-12(19)14(11)27-16(24)9-1-3-10(4-2-9)22(25)26/h1-7H,(H2,20,21,23,28)/b13-7+. The van der Waals surface area contributed by atoms with Crippen LogP contribution in [0.15, 0.2) is 51.0 Å². The molecule has 3 rings (SSSR count). The summed E-state index contributed by atoms with van der Waals surface area (Å²) in [6, 6.07) is 8.39. The van der Waals surface area contributed by atoms with E-state index in [0.717, 1.165) is 0 Å². The van der Waals surface area contributed by atoms with E-state index in [0.29, 0.717) is 20.2 Å². The SMILES string of the molecule is O=C1NC(=S)N/C1=C/c1cc(Br)c(OC(=O)c2ccc([N+](=O)[O-])cc2)c(Br)c1. The molecule has 142 valence electrons. The van der Waals surface area contributed by atoms with E-state index in [1.54, 1.807) is 18.2 Å². The summed E-state index contributed by atoms with van der Waals surface area (Å²) < 4.78 is 6.31. The van der Waals surface area contributed by atoms with Crippen LogP contribution in [0.1, 0.15) is 15.9 Å². The summed E-state index contributed by atoms with van der Waals surface area (Å²) in [6.45, 7) is 0. The lowest BCUT2D eigenvalue weighted by atomic mass is 10.2. The monoisotopic (exact) mass is 525 g/mol. The first-order valence-corrected chi connectivity index (χ1v) is 9.54. The van der Waals surface area contributed by atoms with Crippen molar-refractivity contribution in [1.82, 2.24) is 10.6 Å². The molecule has 0 saturated carbocycles. The van der Waals surface area contributed by atoms with Crippen LogP contribution in [0.3, 0.4) is 0 Å². The van der Waals surface area contributed by atoms with E-state index in [1.165, 1.54) is 24.3 Å². The quantitative estimate of drug-likeness (QED) is 0.156. The zero-order chi connectivity index (χ0) is 20.4. The van der Waals surface area contributed by atoms with E-state index >= 15 is 0 Å². The summed E-state index contributed by atoms with van der Waals surface area (Å²) in [4.78, 5) is 34.2. The number of nitro groups is 1. The van der Waals surface area contributed by atoms with Crippen LogP contribution in [0.2, 0.25) is 0 Å². The molecule has 8 nitrogen and oxygen atoms in total. The highest BCUT2D eigenvalue weighted by molar-refractivity contribution is 9.11. The number of carbonyl (C=O) groups is 2. The van der Waals surface area contributed by atoms with E-state index in [-0.39, 0.29) is 28.0 Å². The number of carbonyl (C=O) groups excluding carboxylic acids is 2. The number of benzene rings is 2. The van der Waals surface area contributed by atoms with Gasteiger partial charge in [-0.25, -0.2) is 4.79 Å². The highest BCUT2D eigenvalue weighted by Crippen LogP contribution is 2.36. The Kier molecular flexibility index (Phi) is 5.87. The molecule has 28 heavy (non-hydrogen) atoms. The number of halogens is 2. The fourth-order valence-electron chi connectivity index (χ4n) is 2.28. The van der Waals surface area contributed by atoms with Crippen molar-refractivity contribution in [3.05, 3.63) is 72.3 Å². The van der Waals surface area contributed by atoms with Gasteiger partial charge in [-0.05, 0) is 80.0 Å². The molecular weight excluding hydrogens is 518 g/mol. The van der Waals surface area contributed by atoms with Gasteiger partial charge in [-0.15, -0.1) is 0 Å². The summed E-state index contributed by atoms with van der Waals surface area (Å²) in [5, 5.41) is 16.1. The van der Waals surface area contributed by atoms with Gasteiger partial charge in [-0.2, -0.15) is 0 Å². The van der Waals surface area contributed by atoms with Gasteiger partial charge in [0.1, 0.15) is 5.70 Å². The fourth-order valence-corrected chi connectivity index (χ4v) is 3.87. The lowest BCUT2D eigenvalue weighted by molar-refractivity contribution is -0.384. The van der Waals surface area contributed by atoms with Gasteiger partial charge >= 0.3 is 5.97 Å². The molecule has 0 aliphatic carbocycles. The van der Waals surface area contributed by atoms with Crippen LogP contribution >= 0.6 is 44.1 Å². The molecule has 0 bridgehead atoms. The average Bonchev–Trinajstić information content (AvgIpc) is 2.95. The van der Waals surface area contributed by atoms with Gasteiger partial charge in [0.25, 0.3) is 11.6 Å².